The summed E-state index contributed by atoms with van der Waals surface area (Å²) >= 11 is 0. The normalized spacial score (nSPS) is 12.1. The minimum atomic E-state index is 0.555. The van der Waals surface area contributed by atoms with Crippen molar-refractivity contribution in [3.63, 3.8) is 0 Å². The van der Waals surface area contributed by atoms with Crippen LogP contribution < -0.4 is 20.3 Å². The van der Waals surface area contributed by atoms with E-state index < -0.39 is 0 Å². The third-order valence-electron chi connectivity index (χ3n) is 5.08. The van der Waals surface area contributed by atoms with Crippen LogP contribution in [0.15, 0.2) is 83.3 Å². The lowest BCUT2D eigenvalue weighted by Crippen LogP contribution is -2.12. The van der Waals surface area contributed by atoms with Gasteiger partial charge >= 0.3 is 0 Å². The Bertz CT molecular complexity index is 1410. The van der Waals surface area contributed by atoms with Gasteiger partial charge in [0.1, 0.15) is 13.4 Å². The second-order valence-electron chi connectivity index (χ2n) is 6.94. The summed E-state index contributed by atoms with van der Waals surface area (Å²) in [5, 5.41) is 5.53. The molecule has 0 saturated carbocycles. The van der Waals surface area contributed by atoms with Crippen molar-refractivity contribution in [2.24, 2.45) is 0 Å². The summed E-state index contributed by atoms with van der Waals surface area (Å²) in [4.78, 5) is 0. The molecule has 0 fully saturated rings. The molecule has 2 heterocycles. The van der Waals surface area contributed by atoms with Crippen LogP contribution in [0.2, 0.25) is 0 Å². The van der Waals surface area contributed by atoms with E-state index in [1.54, 1.807) is 6.07 Å². The molecule has 0 atom stereocenters. The van der Waals surface area contributed by atoms with Gasteiger partial charge < -0.3 is 19.2 Å². The predicted octanol–water partition coefficient (Wildman–Crippen LogP) is 6.02. The molecule has 0 amide bonds. The summed E-state index contributed by atoms with van der Waals surface area (Å²) in [5.74, 6) is 2.55. The van der Waals surface area contributed by atoms with E-state index in [0.717, 1.165) is 33.3 Å². The molecule has 0 aliphatic carbocycles. The van der Waals surface area contributed by atoms with E-state index in [1.165, 1.54) is 0 Å². The van der Waals surface area contributed by atoms with Gasteiger partial charge in [-0.25, -0.2) is 0 Å². The smallest absolute Gasteiger partial charge is 0.172 e. The molecule has 29 heavy (non-hydrogen) atoms. The highest BCUT2D eigenvalue weighted by molar-refractivity contribution is 6.36. The molecular weight excluding hydrogens is 361 g/mol. The molecule has 2 radical (unpaired) electrons. The molecule has 0 bridgehead atoms. The first-order valence-electron chi connectivity index (χ1n) is 9.32. The van der Waals surface area contributed by atoms with Crippen molar-refractivity contribution in [1.29, 1.82) is 0 Å². The van der Waals surface area contributed by atoms with Gasteiger partial charge in [0.15, 0.2) is 28.6 Å². The Morgan fingerprint density at radius 3 is 2.14 bits per heavy atom. The first-order valence-corrected chi connectivity index (χ1v) is 9.32. The standard InChI is InChI=1S/C24H14BNO3/c25-16-12-22-23(28-21-11-4-3-10-20(21)27-22)13-18(16)26-17-8-5-7-15-14-6-1-2-9-19(14)29-24(15)17/h1-13,26H. The first kappa shape index (κ1) is 16.1. The summed E-state index contributed by atoms with van der Waals surface area (Å²) < 4.78 is 18.0. The number of rotatable bonds is 2. The molecule has 0 spiro atoms. The lowest BCUT2D eigenvalue weighted by atomic mass is 9.93. The largest absolute Gasteiger partial charge is 0.454 e. The average Bonchev–Trinajstić information content (AvgIpc) is 3.13. The lowest BCUT2D eigenvalue weighted by molar-refractivity contribution is 0.360. The predicted molar refractivity (Wildman–Crippen MR) is 115 cm³/mol. The van der Waals surface area contributed by atoms with Crippen molar-refractivity contribution < 1.29 is 13.9 Å². The van der Waals surface area contributed by atoms with Crippen molar-refractivity contribution >= 4 is 46.6 Å². The fraction of sp³-hybridized carbons (Fsp3) is 0. The Kier molecular flexibility index (Phi) is 3.38. The maximum absolute atomic E-state index is 6.30. The van der Waals surface area contributed by atoms with E-state index in [9.17, 15) is 0 Å². The number of furan rings is 1. The van der Waals surface area contributed by atoms with Crippen LogP contribution in [0.4, 0.5) is 11.4 Å². The van der Waals surface area contributed by atoms with Gasteiger partial charge in [0.05, 0.1) is 5.69 Å². The molecule has 1 aromatic heterocycles. The van der Waals surface area contributed by atoms with E-state index in [-0.39, 0.29) is 0 Å². The van der Waals surface area contributed by atoms with E-state index >= 15 is 0 Å². The molecule has 0 unspecified atom stereocenters. The fourth-order valence-corrected chi connectivity index (χ4v) is 3.69. The van der Waals surface area contributed by atoms with Crippen LogP contribution in [-0.2, 0) is 0 Å². The monoisotopic (exact) mass is 375 g/mol. The second-order valence-corrected chi connectivity index (χ2v) is 6.94. The molecule has 4 aromatic carbocycles. The van der Waals surface area contributed by atoms with Crippen LogP contribution in [0.5, 0.6) is 23.0 Å². The van der Waals surface area contributed by atoms with E-state index in [1.807, 2.05) is 60.7 Å². The minimum Gasteiger partial charge on any atom is -0.454 e. The highest BCUT2D eigenvalue weighted by atomic mass is 16.6. The number of hydrogen-bond acceptors (Lipinski definition) is 4. The number of para-hydroxylation sites is 4. The summed E-state index contributed by atoms with van der Waals surface area (Å²) in [6, 6.07) is 25.2. The van der Waals surface area contributed by atoms with Gasteiger partial charge in [0, 0.05) is 22.5 Å². The summed E-state index contributed by atoms with van der Waals surface area (Å²) in [6.07, 6.45) is 0. The van der Waals surface area contributed by atoms with E-state index in [0.29, 0.717) is 28.5 Å². The van der Waals surface area contributed by atoms with Gasteiger partial charge in [-0.3, -0.25) is 0 Å². The highest BCUT2D eigenvalue weighted by Crippen LogP contribution is 2.45. The molecule has 4 nitrogen and oxygen atoms in total. The van der Waals surface area contributed by atoms with Gasteiger partial charge in [-0.1, -0.05) is 47.9 Å². The fourth-order valence-electron chi connectivity index (χ4n) is 3.69. The third kappa shape index (κ3) is 2.55. The Morgan fingerprint density at radius 1 is 0.621 bits per heavy atom. The van der Waals surface area contributed by atoms with E-state index in [4.69, 9.17) is 21.7 Å². The number of fused-ring (bicyclic) bond motifs is 5. The number of nitrogens with one attached hydrogen (secondary N) is 1. The molecule has 6 rings (SSSR count). The maximum atomic E-state index is 6.30. The Balaban J connectivity index is 1.43. The molecule has 1 N–H and O–H groups in total. The van der Waals surface area contributed by atoms with Crippen molar-refractivity contribution in [3.8, 4) is 23.0 Å². The van der Waals surface area contributed by atoms with Crippen molar-refractivity contribution in [2.45, 2.75) is 0 Å². The second kappa shape index (κ2) is 6.07. The van der Waals surface area contributed by atoms with Crippen LogP contribution in [0, 0.1) is 0 Å². The zero-order valence-corrected chi connectivity index (χ0v) is 15.3. The van der Waals surface area contributed by atoms with E-state index in [2.05, 4.69) is 17.4 Å². The topological polar surface area (TPSA) is 43.6 Å². The first-order chi connectivity index (χ1) is 14.3. The molecular formula is C24H14BNO3. The zero-order valence-electron chi connectivity index (χ0n) is 15.3. The molecule has 136 valence electrons. The molecule has 5 aromatic rings. The summed E-state index contributed by atoms with van der Waals surface area (Å²) in [7, 11) is 6.30. The van der Waals surface area contributed by atoms with Crippen LogP contribution in [0.3, 0.4) is 0 Å². The molecule has 0 saturated heterocycles. The van der Waals surface area contributed by atoms with Gasteiger partial charge in [0.2, 0.25) is 0 Å². The van der Waals surface area contributed by atoms with Gasteiger partial charge in [-0.2, -0.15) is 0 Å². The zero-order chi connectivity index (χ0) is 19.4. The summed E-state index contributed by atoms with van der Waals surface area (Å²) in [5.41, 5.74) is 3.75. The highest BCUT2D eigenvalue weighted by Gasteiger charge is 2.20. The Hall–Kier alpha value is -3.86. The number of anilines is 2. The number of benzene rings is 4. The Labute approximate surface area is 168 Å². The minimum absolute atomic E-state index is 0.555. The third-order valence-corrected chi connectivity index (χ3v) is 5.08. The van der Waals surface area contributed by atoms with Crippen molar-refractivity contribution in [3.05, 3.63) is 78.9 Å². The molecule has 1 aliphatic rings. The molecule has 1 aliphatic heterocycles. The summed E-state index contributed by atoms with van der Waals surface area (Å²) in [6.45, 7) is 0. The van der Waals surface area contributed by atoms with Crippen molar-refractivity contribution in [2.75, 3.05) is 5.32 Å². The maximum Gasteiger partial charge on any atom is 0.172 e. The SMILES string of the molecule is [B]c1cc2c(cc1Nc1cccc3c1oc1ccccc13)Oc1ccccc1O2. The van der Waals surface area contributed by atoms with Crippen molar-refractivity contribution in [1.82, 2.24) is 0 Å². The quantitative estimate of drug-likeness (QED) is 0.376. The number of ether oxygens (including phenoxy) is 2. The Morgan fingerprint density at radius 2 is 1.31 bits per heavy atom. The van der Waals surface area contributed by atoms with Crippen LogP contribution in [0.25, 0.3) is 21.9 Å². The van der Waals surface area contributed by atoms with Crippen LogP contribution in [0.1, 0.15) is 0 Å². The molecule has 5 heteroatoms. The number of hydrogen-bond donors (Lipinski definition) is 1. The average molecular weight is 375 g/mol. The van der Waals surface area contributed by atoms with Crippen LogP contribution >= 0.6 is 0 Å². The van der Waals surface area contributed by atoms with Gasteiger partial charge in [-0.15, -0.1) is 0 Å². The van der Waals surface area contributed by atoms with Gasteiger partial charge in [-0.05, 0) is 30.3 Å². The lowest BCUT2D eigenvalue weighted by Gasteiger charge is -2.22. The van der Waals surface area contributed by atoms with Crippen LogP contribution in [-0.4, -0.2) is 7.85 Å². The van der Waals surface area contributed by atoms with Gasteiger partial charge in [0.25, 0.3) is 0 Å².